The molecule has 1 aromatic rings. The molecule has 2 unspecified atom stereocenters. The Labute approximate surface area is 103 Å². The van der Waals surface area contributed by atoms with Crippen LogP contribution in [0, 0.1) is 0 Å². The molecule has 0 aliphatic heterocycles. The Bertz CT molecular complexity index is 308. The molecule has 0 heterocycles. The minimum Gasteiger partial charge on any atom is -0.395 e. The van der Waals surface area contributed by atoms with E-state index in [1.807, 2.05) is 31.2 Å². The highest BCUT2D eigenvalue weighted by Crippen LogP contribution is 2.27. The summed E-state index contributed by atoms with van der Waals surface area (Å²) in [5.41, 5.74) is 5.92. The fraction of sp³-hybridized carbons (Fsp3) is 0.455. The number of nitrogens with two attached hydrogens (primary N) is 1. The van der Waals surface area contributed by atoms with Crippen LogP contribution >= 0.6 is 27.7 Å². The van der Waals surface area contributed by atoms with Crippen LogP contribution in [0.5, 0.6) is 0 Å². The van der Waals surface area contributed by atoms with Gasteiger partial charge in [0.25, 0.3) is 0 Å². The Kier molecular flexibility index (Phi) is 5.68. The lowest BCUT2D eigenvalue weighted by molar-refractivity contribution is 0.281. The Morgan fingerprint density at radius 2 is 2.27 bits per heavy atom. The minimum absolute atomic E-state index is 0.0407. The molecule has 1 aromatic carbocycles. The van der Waals surface area contributed by atoms with Gasteiger partial charge in [0.15, 0.2) is 0 Å². The predicted molar refractivity (Wildman–Crippen MR) is 69.1 cm³/mol. The van der Waals surface area contributed by atoms with Crippen LogP contribution in [0.25, 0.3) is 0 Å². The van der Waals surface area contributed by atoms with Crippen LogP contribution in [0.4, 0.5) is 0 Å². The molecule has 0 bridgehead atoms. The van der Waals surface area contributed by atoms with Crippen molar-refractivity contribution < 1.29 is 5.11 Å². The summed E-state index contributed by atoms with van der Waals surface area (Å²) >= 11 is 5.05. The van der Waals surface area contributed by atoms with Gasteiger partial charge in [0.2, 0.25) is 0 Å². The van der Waals surface area contributed by atoms with E-state index in [-0.39, 0.29) is 17.9 Å². The standard InChI is InChI=1S/C11H16BrNOS/c1-2-10(13)11(7-14)15-9-5-3-4-8(12)6-9/h3-6,10-11,14H,2,7,13H2,1H3. The monoisotopic (exact) mass is 289 g/mol. The SMILES string of the molecule is CCC(N)C(CO)Sc1cccc(Br)c1. The van der Waals surface area contributed by atoms with Crippen molar-refractivity contribution in [3.8, 4) is 0 Å². The lowest BCUT2D eigenvalue weighted by Crippen LogP contribution is -2.34. The van der Waals surface area contributed by atoms with E-state index in [1.54, 1.807) is 11.8 Å². The number of aliphatic hydroxyl groups is 1. The van der Waals surface area contributed by atoms with Gasteiger partial charge in [0.05, 0.1) is 6.61 Å². The molecule has 0 aromatic heterocycles. The summed E-state index contributed by atoms with van der Waals surface area (Å²) in [6, 6.07) is 8.07. The van der Waals surface area contributed by atoms with E-state index in [0.29, 0.717) is 0 Å². The molecule has 3 N–H and O–H groups in total. The molecular formula is C11H16BrNOS. The molecular weight excluding hydrogens is 274 g/mol. The van der Waals surface area contributed by atoms with Gasteiger partial charge in [0, 0.05) is 20.7 Å². The summed E-state index contributed by atoms with van der Waals surface area (Å²) in [5, 5.41) is 9.32. The normalized spacial score (nSPS) is 14.9. The van der Waals surface area contributed by atoms with E-state index >= 15 is 0 Å². The first-order chi connectivity index (χ1) is 7.17. The van der Waals surface area contributed by atoms with Crippen LogP contribution < -0.4 is 5.73 Å². The van der Waals surface area contributed by atoms with Crippen LogP contribution in [0.1, 0.15) is 13.3 Å². The van der Waals surface area contributed by atoms with Gasteiger partial charge in [-0.15, -0.1) is 11.8 Å². The van der Waals surface area contributed by atoms with Gasteiger partial charge in [-0.3, -0.25) is 0 Å². The van der Waals surface area contributed by atoms with E-state index in [2.05, 4.69) is 15.9 Å². The molecule has 0 amide bonds. The smallest absolute Gasteiger partial charge is 0.0568 e. The maximum Gasteiger partial charge on any atom is 0.0568 e. The van der Waals surface area contributed by atoms with Gasteiger partial charge in [-0.05, 0) is 24.6 Å². The fourth-order valence-corrected chi connectivity index (χ4v) is 2.93. The van der Waals surface area contributed by atoms with Crippen LogP contribution in [0.3, 0.4) is 0 Å². The molecule has 84 valence electrons. The van der Waals surface area contributed by atoms with Gasteiger partial charge in [-0.1, -0.05) is 28.9 Å². The zero-order chi connectivity index (χ0) is 11.3. The van der Waals surface area contributed by atoms with Gasteiger partial charge in [0.1, 0.15) is 0 Å². The van der Waals surface area contributed by atoms with E-state index in [1.165, 1.54) is 0 Å². The van der Waals surface area contributed by atoms with Gasteiger partial charge in [-0.25, -0.2) is 0 Å². The largest absolute Gasteiger partial charge is 0.395 e. The molecule has 0 saturated heterocycles. The number of hydrogen-bond acceptors (Lipinski definition) is 3. The molecule has 0 aliphatic carbocycles. The molecule has 1 rings (SSSR count). The Balaban J connectivity index is 2.66. The highest BCUT2D eigenvalue weighted by molar-refractivity contribution is 9.10. The number of halogens is 1. The number of aliphatic hydroxyl groups excluding tert-OH is 1. The molecule has 2 nitrogen and oxygen atoms in total. The number of hydrogen-bond donors (Lipinski definition) is 2. The summed E-state index contributed by atoms with van der Waals surface area (Å²) in [4.78, 5) is 1.13. The van der Waals surface area contributed by atoms with E-state index in [0.717, 1.165) is 15.8 Å². The lowest BCUT2D eigenvalue weighted by Gasteiger charge is -2.20. The van der Waals surface area contributed by atoms with Crippen molar-refractivity contribution in [3.05, 3.63) is 28.7 Å². The van der Waals surface area contributed by atoms with Crippen LogP contribution in [-0.4, -0.2) is 23.0 Å². The minimum atomic E-state index is 0.0407. The molecule has 2 atom stereocenters. The van der Waals surface area contributed by atoms with Gasteiger partial charge < -0.3 is 10.8 Å². The predicted octanol–water partition coefficient (Wildman–Crippen LogP) is 2.64. The van der Waals surface area contributed by atoms with Crippen molar-refractivity contribution in [2.75, 3.05) is 6.61 Å². The van der Waals surface area contributed by atoms with Crippen molar-refractivity contribution in [1.29, 1.82) is 0 Å². The van der Waals surface area contributed by atoms with Gasteiger partial charge >= 0.3 is 0 Å². The van der Waals surface area contributed by atoms with Crippen molar-refractivity contribution in [2.45, 2.75) is 29.5 Å². The Hall–Kier alpha value is -0.0300. The zero-order valence-electron chi connectivity index (χ0n) is 8.69. The summed E-state index contributed by atoms with van der Waals surface area (Å²) in [6.07, 6.45) is 0.881. The second-order valence-electron chi connectivity index (χ2n) is 3.37. The average Bonchev–Trinajstić information content (AvgIpc) is 2.25. The molecule has 0 fully saturated rings. The summed E-state index contributed by atoms with van der Waals surface area (Å²) < 4.78 is 1.05. The zero-order valence-corrected chi connectivity index (χ0v) is 11.1. The second-order valence-corrected chi connectivity index (χ2v) is 5.60. The quantitative estimate of drug-likeness (QED) is 0.820. The molecule has 15 heavy (non-hydrogen) atoms. The van der Waals surface area contributed by atoms with Crippen molar-refractivity contribution in [2.24, 2.45) is 5.73 Å². The van der Waals surface area contributed by atoms with E-state index in [9.17, 15) is 5.11 Å². The number of thioether (sulfide) groups is 1. The van der Waals surface area contributed by atoms with Crippen molar-refractivity contribution >= 4 is 27.7 Å². The molecule has 0 aliphatic rings. The first kappa shape index (κ1) is 13.0. The molecule has 0 spiro atoms. The topological polar surface area (TPSA) is 46.2 Å². The summed E-state index contributed by atoms with van der Waals surface area (Å²) in [5.74, 6) is 0. The van der Waals surface area contributed by atoms with Gasteiger partial charge in [-0.2, -0.15) is 0 Å². The third-order valence-electron chi connectivity index (χ3n) is 2.21. The number of rotatable bonds is 5. The second kappa shape index (κ2) is 6.53. The molecule has 4 heteroatoms. The average molecular weight is 290 g/mol. The van der Waals surface area contributed by atoms with Crippen LogP contribution in [0.15, 0.2) is 33.6 Å². The third-order valence-corrected chi connectivity index (χ3v) is 4.03. The van der Waals surface area contributed by atoms with Crippen molar-refractivity contribution in [3.63, 3.8) is 0 Å². The van der Waals surface area contributed by atoms with E-state index < -0.39 is 0 Å². The first-order valence-electron chi connectivity index (χ1n) is 4.96. The maximum absolute atomic E-state index is 9.25. The molecule has 0 radical (unpaired) electrons. The number of benzene rings is 1. The van der Waals surface area contributed by atoms with E-state index in [4.69, 9.17) is 5.73 Å². The summed E-state index contributed by atoms with van der Waals surface area (Å²) in [6.45, 7) is 2.15. The summed E-state index contributed by atoms with van der Waals surface area (Å²) in [7, 11) is 0. The first-order valence-corrected chi connectivity index (χ1v) is 6.63. The lowest BCUT2D eigenvalue weighted by atomic mass is 10.2. The van der Waals surface area contributed by atoms with Crippen molar-refractivity contribution in [1.82, 2.24) is 0 Å². The molecule has 0 saturated carbocycles. The Morgan fingerprint density at radius 3 is 2.80 bits per heavy atom. The highest BCUT2D eigenvalue weighted by atomic mass is 79.9. The highest BCUT2D eigenvalue weighted by Gasteiger charge is 2.16. The van der Waals surface area contributed by atoms with Crippen LogP contribution in [-0.2, 0) is 0 Å². The Morgan fingerprint density at radius 1 is 1.53 bits per heavy atom. The van der Waals surface area contributed by atoms with Crippen LogP contribution in [0.2, 0.25) is 0 Å². The third kappa shape index (κ3) is 4.15. The maximum atomic E-state index is 9.25. The fourth-order valence-electron chi connectivity index (χ4n) is 1.24.